The summed E-state index contributed by atoms with van der Waals surface area (Å²) < 4.78 is 21.7. The fourth-order valence-corrected chi connectivity index (χ4v) is 3.52. The van der Waals surface area contributed by atoms with Gasteiger partial charge in [0.25, 0.3) is 10.0 Å². The topological polar surface area (TPSA) is 152 Å². The first-order valence-corrected chi connectivity index (χ1v) is 8.53. The van der Waals surface area contributed by atoms with E-state index < -0.39 is 21.9 Å². The van der Waals surface area contributed by atoms with E-state index in [2.05, 4.69) is 15.5 Å². The quantitative estimate of drug-likeness (QED) is 0.656. The monoisotopic (exact) mass is 334 g/mol. The van der Waals surface area contributed by atoms with E-state index in [1.54, 1.807) is 0 Å². The van der Waals surface area contributed by atoms with Crippen LogP contribution in [0.1, 0.15) is 25.7 Å². The molecule has 0 bridgehead atoms. The molecule has 0 unspecified atom stereocenters. The van der Waals surface area contributed by atoms with Crippen molar-refractivity contribution in [2.45, 2.75) is 30.0 Å². The standard InChI is InChI=1S/C10H14N4O5S2/c11-21(18,19)10-14-13-9(20-10)12-7(15)5-1-3-6(4-2-5)8(16)17/h5-6H,1-4H2,(H,16,17)(H2,11,18,19)(H,12,13,15). The summed E-state index contributed by atoms with van der Waals surface area (Å²) in [5.41, 5.74) is 0. The average Bonchev–Trinajstić information content (AvgIpc) is 2.87. The van der Waals surface area contributed by atoms with Gasteiger partial charge in [0, 0.05) is 5.92 Å². The number of nitrogens with one attached hydrogen (secondary N) is 1. The molecule has 116 valence electrons. The molecule has 0 saturated heterocycles. The summed E-state index contributed by atoms with van der Waals surface area (Å²) in [6.07, 6.45) is 1.85. The molecule has 4 N–H and O–H groups in total. The zero-order chi connectivity index (χ0) is 15.6. The van der Waals surface area contributed by atoms with Gasteiger partial charge in [0.1, 0.15) is 0 Å². The van der Waals surface area contributed by atoms with E-state index in [0.29, 0.717) is 37.0 Å². The third-order valence-electron chi connectivity index (χ3n) is 3.33. The molecule has 1 heterocycles. The van der Waals surface area contributed by atoms with Crippen LogP contribution >= 0.6 is 11.3 Å². The number of sulfonamides is 1. The summed E-state index contributed by atoms with van der Waals surface area (Å²) in [6.45, 7) is 0. The molecule has 1 amide bonds. The fraction of sp³-hybridized carbons (Fsp3) is 0.600. The third-order valence-corrected chi connectivity index (χ3v) is 5.48. The van der Waals surface area contributed by atoms with E-state index in [1.165, 1.54) is 0 Å². The normalized spacial score (nSPS) is 22.7. The summed E-state index contributed by atoms with van der Waals surface area (Å²) in [4.78, 5) is 22.8. The molecule has 9 nitrogen and oxygen atoms in total. The van der Waals surface area contributed by atoms with Gasteiger partial charge in [-0.05, 0) is 25.7 Å². The lowest BCUT2D eigenvalue weighted by Crippen LogP contribution is -2.29. The SMILES string of the molecule is NS(=O)(=O)c1nnc(NC(=O)C2CCC(C(=O)O)CC2)s1. The summed E-state index contributed by atoms with van der Waals surface area (Å²) in [6, 6.07) is 0. The maximum Gasteiger partial charge on any atom is 0.306 e. The van der Waals surface area contributed by atoms with Crippen molar-refractivity contribution in [3.05, 3.63) is 0 Å². The second kappa shape index (κ2) is 6.03. The number of nitrogens with zero attached hydrogens (tertiary/aromatic N) is 2. The third kappa shape index (κ3) is 3.95. The van der Waals surface area contributed by atoms with Crippen molar-refractivity contribution in [3.8, 4) is 0 Å². The van der Waals surface area contributed by atoms with Crippen molar-refractivity contribution in [1.29, 1.82) is 0 Å². The van der Waals surface area contributed by atoms with Crippen LogP contribution < -0.4 is 10.5 Å². The number of carbonyl (C=O) groups is 2. The molecule has 1 aliphatic rings. The van der Waals surface area contributed by atoms with Crippen LogP contribution in [0.15, 0.2) is 4.34 Å². The number of carboxylic acids is 1. The Morgan fingerprint density at radius 2 is 1.76 bits per heavy atom. The highest BCUT2D eigenvalue weighted by Gasteiger charge is 2.30. The summed E-state index contributed by atoms with van der Waals surface area (Å²) >= 11 is 0.676. The number of aromatic nitrogens is 2. The molecule has 1 saturated carbocycles. The molecule has 0 atom stereocenters. The van der Waals surface area contributed by atoms with E-state index >= 15 is 0 Å². The minimum Gasteiger partial charge on any atom is -0.481 e. The van der Waals surface area contributed by atoms with Crippen molar-refractivity contribution < 1.29 is 23.1 Å². The maximum absolute atomic E-state index is 12.0. The predicted molar refractivity (Wildman–Crippen MR) is 73.0 cm³/mol. The van der Waals surface area contributed by atoms with Gasteiger partial charge >= 0.3 is 5.97 Å². The lowest BCUT2D eigenvalue weighted by atomic mass is 9.81. The molecule has 21 heavy (non-hydrogen) atoms. The van der Waals surface area contributed by atoms with Crippen LogP contribution in [-0.4, -0.2) is 35.6 Å². The Bertz CT molecular complexity index is 648. The molecule has 1 fully saturated rings. The second-order valence-corrected chi connectivity index (χ2v) is 7.51. The lowest BCUT2D eigenvalue weighted by Gasteiger charge is -2.24. The van der Waals surface area contributed by atoms with Gasteiger partial charge in [-0.15, -0.1) is 10.2 Å². The minimum absolute atomic E-state index is 0.0596. The molecule has 1 aromatic rings. The molecular formula is C10H14N4O5S2. The van der Waals surface area contributed by atoms with Crippen molar-refractivity contribution in [2.24, 2.45) is 17.0 Å². The molecule has 1 aliphatic carbocycles. The lowest BCUT2D eigenvalue weighted by molar-refractivity contribution is -0.143. The number of rotatable bonds is 4. The Balaban J connectivity index is 1.94. The van der Waals surface area contributed by atoms with Crippen molar-refractivity contribution in [3.63, 3.8) is 0 Å². The molecule has 1 aromatic heterocycles. The molecule has 0 spiro atoms. The minimum atomic E-state index is -3.93. The first-order chi connectivity index (χ1) is 9.77. The molecule has 0 radical (unpaired) electrons. The predicted octanol–water partition coefficient (Wildman–Crippen LogP) is 0.0150. The highest BCUT2D eigenvalue weighted by atomic mass is 32.2. The Morgan fingerprint density at radius 1 is 1.19 bits per heavy atom. The van der Waals surface area contributed by atoms with Crippen LogP contribution in [-0.2, 0) is 19.6 Å². The molecular weight excluding hydrogens is 320 g/mol. The van der Waals surface area contributed by atoms with E-state index in [9.17, 15) is 18.0 Å². The highest BCUT2D eigenvalue weighted by molar-refractivity contribution is 7.91. The Kier molecular flexibility index (Phi) is 4.54. The van der Waals surface area contributed by atoms with Gasteiger partial charge in [0.05, 0.1) is 5.92 Å². The summed E-state index contributed by atoms with van der Waals surface area (Å²) in [7, 11) is -3.93. The number of primary sulfonamides is 1. The number of aliphatic carboxylic acids is 1. The first-order valence-electron chi connectivity index (χ1n) is 6.17. The van der Waals surface area contributed by atoms with Crippen LogP contribution in [0.2, 0.25) is 0 Å². The Morgan fingerprint density at radius 3 is 2.24 bits per heavy atom. The number of nitrogens with two attached hydrogens (primary N) is 1. The van der Waals surface area contributed by atoms with Gasteiger partial charge in [-0.3, -0.25) is 9.59 Å². The van der Waals surface area contributed by atoms with Gasteiger partial charge in [-0.2, -0.15) is 0 Å². The first kappa shape index (κ1) is 15.8. The molecule has 11 heteroatoms. The van der Waals surface area contributed by atoms with Gasteiger partial charge in [-0.1, -0.05) is 11.3 Å². The van der Waals surface area contributed by atoms with Crippen LogP contribution in [0.25, 0.3) is 0 Å². The van der Waals surface area contributed by atoms with Crippen molar-refractivity contribution in [1.82, 2.24) is 10.2 Å². The smallest absolute Gasteiger partial charge is 0.306 e. The fourth-order valence-electron chi connectivity index (χ4n) is 2.19. The molecule has 2 rings (SSSR count). The van der Waals surface area contributed by atoms with Crippen molar-refractivity contribution in [2.75, 3.05) is 5.32 Å². The van der Waals surface area contributed by atoms with Crippen LogP contribution in [0, 0.1) is 11.8 Å². The number of carboxylic acid groups (broad SMARTS) is 1. The van der Waals surface area contributed by atoms with Gasteiger partial charge in [0.2, 0.25) is 15.4 Å². The van der Waals surface area contributed by atoms with E-state index in [-0.39, 0.29) is 21.3 Å². The zero-order valence-electron chi connectivity index (χ0n) is 10.9. The number of hydrogen-bond donors (Lipinski definition) is 3. The largest absolute Gasteiger partial charge is 0.481 e. The van der Waals surface area contributed by atoms with Crippen molar-refractivity contribution >= 4 is 38.4 Å². The molecule has 0 aromatic carbocycles. The average molecular weight is 334 g/mol. The number of hydrogen-bond acceptors (Lipinski definition) is 7. The zero-order valence-corrected chi connectivity index (χ0v) is 12.5. The van der Waals surface area contributed by atoms with Gasteiger partial charge in [0.15, 0.2) is 0 Å². The van der Waals surface area contributed by atoms with E-state index in [0.717, 1.165) is 0 Å². The van der Waals surface area contributed by atoms with E-state index in [1.807, 2.05) is 0 Å². The van der Waals surface area contributed by atoms with Crippen LogP contribution in [0.3, 0.4) is 0 Å². The number of amides is 1. The number of anilines is 1. The van der Waals surface area contributed by atoms with Crippen LogP contribution in [0.5, 0.6) is 0 Å². The highest BCUT2D eigenvalue weighted by Crippen LogP contribution is 2.30. The Hall–Kier alpha value is -1.59. The summed E-state index contributed by atoms with van der Waals surface area (Å²) in [5.74, 6) is -1.85. The maximum atomic E-state index is 12.0. The Labute approximate surface area is 124 Å². The molecule has 0 aliphatic heterocycles. The summed E-state index contributed by atoms with van der Waals surface area (Å²) in [5, 5.41) is 23.3. The van der Waals surface area contributed by atoms with E-state index in [4.69, 9.17) is 10.2 Å². The second-order valence-electron chi connectivity index (χ2n) is 4.79. The van der Waals surface area contributed by atoms with Gasteiger partial charge in [-0.25, -0.2) is 13.6 Å². The number of carbonyl (C=O) groups excluding carboxylic acids is 1. The van der Waals surface area contributed by atoms with Crippen LogP contribution in [0.4, 0.5) is 5.13 Å². The van der Waals surface area contributed by atoms with Gasteiger partial charge < -0.3 is 10.4 Å².